The highest BCUT2D eigenvalue weighted by Gasteiger charge is 2.46. The Morgan fingerprint density at radius 3 is 2.65 bits per heavy atom. The molecule has 1 aromatic carbocycles. The minimum absolute atomic E-state index is 0.118. The quantitative estimate of drug-likeness (QED) is 0.863. The van der Waals surface area contributed by atoms with E-state index in [1.54, 1.807) is 0 Å². The first-order valence-electron chi connectivity index (χ1n) is 7.19. The van der Waals surface area contributed by atoms with E-state index in [4.69, 9.17) is 5.26 Å². The number of rotatable bonds is 1. The minimum atomic E-state index is -4.42. The first kappa shape index (κ1) is 15.4. The van der Waals surface area contributed by atoms with Crippen molar-refractivity contribution in [3.63, 3.8) is 0 Å². The Hall–Kier alpha value is -2.49. The number of nitriles is 1. The number of aryl methyl sites for hydroxylation is 2. The lowest BCUT2D eigenvalue weighted by Crippen LogP contribution is -2.35. The highest BCUT2D eigenvalue weighted by Crippen LogP contribution is 2.44. The monoisotopic (exact) mass is 320 g/mol. The molecule has 4 nitrogen and oxygen atoms in total. The Bertz CT molecular complexity index is 786. The van der Waals surface area contributed by atoms with Gasteiger partial charge in [-0.15, -0.1) is 0 Å². The van der Waals surface area contributed by atoms with Gasteiger partial charge in [0.1, 0.15) is 17.5 Å². The normalized spacial score (nSPS) is 20.5. The summed E-state index contributed by atoms with van der Waals surface area (Å²) in [5, 5.41) is 15.9. The van der Waals surface area contributed by atoms with Crippen LogP contribution in [0.25, 0.3) is 0 Å². The van der Waals surface area contributed by atoms with Crippen molar-refractivity contribution in [3.8, 4) is 6.07 Å². The lowest BCUT2D eigenvalue weighted by molar-refractivity contribution is -0.173. The lowest BCUT2D eigenvalue weighted by atomic mass is 9.94. The number of hydrogen-bond acceptors (Lipinski definition) is 3. The second kappa shape index (κ2) is 5.30. The zero-order valence-corrected chi connectivity index (χ0v) is 12.6. The van der Waals surface area contributed by atoms with Gasteiger partial charge in [0, 0.05) is 6.42 Å². The fourth-order valence-corrected chi connectivity index (χ4v) is 2.84. The summed E-state index contributed by atoms with van der Waals surface area (Å²) in [6.07, 6.45) is -3.41. The van der Waals surface area contributed by atoms with Crippen LogP contribution in [0.4, 0.5) is 19.0 Å². The fourth-order valence-electron chi connectivity index (χ4n) is 2.84. The molecular formula is C16H15F3N4. The smallest absolute Gasteiger partial charge is 0.362 e. The van der Waals surface area contributed by atoms with Crippen molar-refractivity contribution in [1.29, 1.82) is 5.26 Å². The summed E-state index contributed by atoms with van der Waals surface area (Å²) < 4.78 is 41.1. The van der Waals surface area contributed by atoms with Crippen molar-refractivity contribution < 1.29 is 13.2 Å². The average molecular weight is 320 g/mol. The summed E-state index contributed by atoms with van der Waals surface area (Å²) in [5.41, 5.74) is 3.00. The molecule has 1 aromatic heterocycles. The number of alkyl halides is 3. The van der Waals surface area contributed by atoms with E-state index in [2.05, 4.69) is 10.4 Å². The summed E-state index contributed by atoms with van der Waals surface area (Å²) in [6, 6.07) is 5.23. The number of aromatic nitrogens is 2. The Morgan fingerprint density at radius 2 is 2.04 bits per heavy atom. The van der Waals surface area contributed by atoms with Gasteiger partial charge in [-0.2, -0.15) is 23.5 Å². The number of nitrogens with zero attached hydrogens (tertiary/aromatic N) is 3. The van der Waals surface area contributed by atoms with Gasteiger partial charge in [-0.25, -0.2) is 4.68 Å². The van der Waals surface area contributed by atoms with Gasteiger partial charge in [-0.05, 0) is 30.5 Å². The Kier molecular flexibility index (Phi) is 3.55. The summed E-state index contributed by atoms with van der Waals surface area (Å²) in [6.45, 7) is 3.88. The van der Waals surface area contributed by atoms with E-state index in [1.807, 2.05) is 38.1 Å². The number of nitrogens with one attached hydrogen (secondary N) is 1. The second-order valence-electron chi connectivity index (χ2n) is 5.80. The number of fused-ring (bicyclic) bond motifs is 1. The van der Waals surface area contributed by atoms with Crippen LogP contribution in [0.5, 0.6) is 0 Å². The summed E-state index contributed by atoms with van der Waals surface area (Å²) in [7, 11) is 0. The van der Waals surface area contributed by atoms with Crippen LogP contribution in [0.2, 0.25) is 0 Å². The molecule has 23 heavy (non-hydrogen) atoms. The SMILES string of the molecule is Cc1ccc(C2CC(C(F)(F)F)n3ncc(C#N)c3N2)cc1C. The van der Waals surface area contributed by atoms with E-state index in [9.17, 15) is 13.2 Å². The van der Waals surface area contributed by atoms with Gasteiger partial charge in [-0.3, -0.25) is 0 Å². The van der Waals surface area contributed by atoms with Crippen LogP contribution in [-0.2, 0) is 0 Å². The van der Waals surface area contributed by atoms with Crippen molar-refractivity contribution in [2.24, 2.45) is 0 Å². The van der Waals surface area contributed by atoms with Gasteiger partial charge in [0.25, 0.3) is 0 Å². The van der Waals surface area contributed by atoms with Gasteiger partial charge < -0.3 is 5.32 Å². The molecule has 0 radical (unpaired) electrons. The summed E-state index contributed by atoms with van der Waals surface area (Å²) in [5.74, 6) is 0.129. The molecule has 1 N–H and O–H groups in total. The Morgan fingerprint density at radius 1 is 1.30 bits per heavy atom. The van der Waals surface area contributed by atoms with E-state index in [0.717, 1.165) is 21.4 Å². The van der Waals surface area contributed by atoms with Gasteiger partial charge in [0.2, 0.25) is 0 Å². The third-order valence-electron chi connectivity index (χ3n) is 4.29. The zero-order chi connectivity index (χ0) is 16.8. The Labute approximate surface area is 131 Å². The molecule has 2 aromatic rings. The molecule has 7 heteroatoms. The van der Waals surface area contributed by atoms with Crippen molar-refractivity contribution in [3.05, 3.63) is 46.6 Å². The number of halogens is 3. The molecule has 0 saturated carbocycles. The van der Waals surface area contributed by atoms with Crippen molar-refractivity contribution >= 4 is 5.82 Å². The maximum atomic E-state index is 13.4. The fraction of sp³-hybridized carbons (Fsp3) is 0.375. The first-order chi connectivity index (χ1) is 10.8. The van der Waals surface area contributed by atoms with E-state index in [0.29, 0.717) is 0 Å². The van der Waals surface area contributed by atoms with Crippen LogP contribution in [0.1, 0.15) is 40.8 Å². The van der Waals surface area contributed by atoms with E-state index in [1.165, 1.54) is 6.20 Å². The topological polar surface area (TPSA) is 53.6 Å². The van der Waals surface area contributed by atoms with Crippen LogP contribution in [0, 0.1) is 25.2 Å². The minimum Gasteiger partial charge on any atom is -0.362 e. The first-order valence-corrected chi connectivity index (χ1v) is 7.19. The standard InChI is InChI=1S/C16H15F3N4/c1-9-3-4-11(5-10(9)2)13-6-14(16(17,18)19)23-15(22-13)12(7-20)8-21-23/h3-5,8,13-14,22H,6H2,1-2H3. The second-order valence-corrected chi connectivity index (χ2v) is 5.80. The molecular weight excluding hydrogens is 305 g/mol. The summed E-state index contributed by atoms with van der Waals surface area (Å²) >= 11 is 0. The summed E-state index contributed by atoms with van der Waals surface area (Å²) in [4.78, 5) is 0. The maximum Gasteiger partial charge on any atom is 0.410 e. The molecule has 1 aliphatic heterocycles. The van der Waals surface area contributed by atoms with E-state index in [-0.39, 0.29) is 17.8 Å². The molecule has 3 rings (SSSR count). The van der Waals surface area contributed by atoms with Gasteiger partial charge >= 0.3 is 6.18 Å². The van der Waals surface area contributed by atoms with Crippen molar-refractivity contribution in [1.82, 2.24) is 9.78 Å². The van der Waals surface area contributed by atoms with Gasteiger partial charge in [0.05, 0.1) is 12.2 Å². The van der Waals surface area contributed by atoms with Crippen LogP contribution >= 0.6 is 0 Å². The third kappa shape index (κ3) is 2.65. The molecule has 1 aliphatic rings. The number of hydrogen-bond donors (Lipinski definition) is 1. The van der Waals surface area contributed by atoms with Gasteiger partial charge in [-0.1, -0.05) is 18.2 Å². The molecule has 0 amide bonds. The van der Waals surface area contributed by atoms with Crippen LogP contribution in [-0.4, -0.2) is 16.0 Å². The van der Waals surface area contributed by atoms with Crippen molar-refractivity contribution in [2.75, 3.05) is 5.32 Å². The molecule has 2 atom stereocenters. The Balaban J connectivity index is 2.05. The molecule has 2 heterocycles. The molecule has 120 valence electrons. The predicted octanol–water partition coefficient (Wildman–Crippen LogP) is 4.03. The average Bonchev–Trinajstić information content (AvgIpc) is 2.91. The third-order valence-corrected chi connectivity index (χ3v) is 4.29. The molecule has 0 fully saturated rings. The largest absolute Gasteiger partial charge is 0.410 e. The van der Waals surface area contributed by atoms with Crippen LogP contribution < -0.4 is 5.32 Å². The number of anilines is 1. The molecule has 0 spiro atoms. The lowest BCUT2D eigenvalue weighted by Gasteiger charge is -2.33. The predicted molar refractivity (Wildman–Crippen MR) is 78.9 cm³/mol. The van der Waals surface area contributed by atoms with Crippen molar-refractivity contribution in [2.45, 2.75) is 38.5 Å². The van der Waals surface area contributed by atoms with E-state index >= 15 is 0 Å². The van der Waals surface area contributed by atoms with Crippen LogP contribution in [0.3, 0.4) is 0 Å². The van der Waals surface area contributed by atoms with Gasteiger partial charge in [0.15, 0.2) is 6.04 Å². The molecule has 2 unspecified atom stereocenters. The zero-order valence-electron chi connectivity index (χ0n) is 12.6. The maximum absolute atomic E-state index is 13.4. The molecule has 0 aliphatic carbocycles. The highest BCUT2D eigenvalue weighted by atomic mass is 19.4. The number of benzene rings is 1. The molecule has 0 saturated heterocycles. The van der Waals surface area contributed by atoms with E-state index < -0.39 is 18.3 Å². The molecule has 0 bridgehead atoms. The van der Waals surface area contributed by atoms with Crippen LogP contribution in [0.15, 0.2) is 24.4 Å². The highest BCUT2D eigenvalue weighted by molar-refractivity contribution is 5.55.